The molecule has 1 N–H and O–H groups in total. The summed E-state index contributed by atoms with van der Waals surface area (Å²) in [7, 11) is 0. The fraction of sp³-hybridized carbons (Fsp3) is 0.303. The molecule has 3 aliphatic rings. The highest BCUT2D eigenvalue weighted by Gasteiger charge is 2.71. The van der Waals surface area contributed by atoms with Crippen molar-refractivity contribution in [1.82, 2.24) is 0 Å². The maximum atomic E-state index is 14.6. The van der Waals surface area contributed by atoms with Crippen molar-refractivity contribution in [3.05, 3.63) is 101 Å². The van der Waals surface area contributed by atoms with Gasteiger partial charge in [0.15, 0.2) is 11.6 Å². The standard InChI is InChI=1S/C33H31FN2O3/c1-18-10-15-25-22(16-18)19(2)17-26-33(23-8-6-7-9-24(23)35-31(33)39)27(28(36(25)26)30(38)32(3,4)5)29(37)20-11-13-21(34)14-12-20/h6-17,26-28H,1-5H3,(H,35,39)/t26-,27-,28+,33-/m1/s1. The molecule has 1 spiro atoms. The SMILES string of the molecule is CC1=C[C@H]2N(c3ccc(C)cc31)[C@H](C(=O)C(C)(C)C)[C@H](C(=O)c1ccc(F)cc1)[C@]21C(=O)Nc2ccccc21. The van der Waals surface area contributed by atoms with Crippen molar-refractivity contribution in [1.29, 1.82) is 0 Å². The number of para-hydroxylation sites is 1. The molecular weight excluding hydrogens is 491 g/mol. The van der Waals surface area contributed by atoms with Crippen LogP contribution in [0.4, 0.5) is 15.8 Å². The van der Waals surface area contributed by atoms with Crippen LogP contribution in [0.25, 0.3) is 5.57 Å². The van der Waals surface area contributed by atoms with Crippen LogP contribution in [0.15, 0.2) is 72.8 Å². The van der Waals surface area contributed by atoms with Gasteiger partial charge in [0.2, 0.25) is 5.91 Å². The number of benzene rings is 3. The number of nitrogens with one attached hydrogen (secondary N) is 1. The van der Waals surface area contributed by atoms with Crippen molar-refractivity contribution >= 4 is 34.4 Å². The maximum absolute atomic E-state index is 14.6. The Balaban J connectivity index is 1.70. The number of aryl methyl sites for hydroxylation is 1. The fourth-order valence-corrected chi connectivity index (χ4v) is 6.78. The third-order valence-corrected chi connectivity index (χ3v) is 8.55. The lowest BCUT2D eigenvalue weighted by Gasteiger charge is -2.40. The lowest BCUT2D eigenvalue weighted by atomic mass is 9.63. The summed E-state index contributed by atoms with van der Waals surface area (Å²) in [4.78, 5) is 45.4. The van der Waals surface area contributed by atoms with Crippen LogP contribution in [-0.2, 0) is 15.0 Å². The van der Waals surface area contributed by atoms with Gasteiger partial charge in [-0.1, -0.05) is 56.7 Å². The Hall–Kier alpha value is -4.06. The summed E-state index contributed by atoms with van der Waals surface area (Å²) in [6.45, 7) is 9.57. The number of rotatable bonds is 3. The summed E-state index contributed by atoms with van der Waals surface area (Å²) in [5.74, 6) is -2.28. The fourth-order valence-electron chi connectivity index (χ4n) is 6.78. The van der Waals surface area contributed by atoms with Crippen molar-refractivity contribution < 1.29 is 18.8 Å². The monoisotopic (exact) mass is 522 g/mol. The van der Waals surface area contributed by atoms with Gasteiger partial charge in [-0.25, -0.2) is 4.39 Å². The molecule has 3 heterocycles. The largest absolute Gasteiger partial charge is 0.352 e. The molecule has 6 rings (SSSR count). The van der Waals surface area contributed by atoms with Gasteiger partial charge in [-0.2, -0.15) is 0 Å². The first kappa shape index (κ1) is 25.2. The number of nitrogens with zero attached hydrogens (tertiary/aromatic N) is 1. The van der Waals surface area contributed by atoms with Crippen LogP contribution >= 0.6 is 0 Å². The second kappa shape index (κ2) is 8.47. The first-order valence-corrected chi connectivity index (χ1v) is 13.3. The van der Waals surface area contributed by atoms with Crippen molar-refractivity contribution in [2.45, 2.75) is 52.1 Å². The van der Waals surface area contributed by atoms with E-state index in [-0.39, 0.29) is 23.0 Å². The third kappa shape index (κ3) is 3.47. The van der Waals surface area contributed by atoms with E-state index >= 15 is 0 Å². The average molecular weight is 523 g/mol. The van der Waals surface area contributed by atoms with Gasteiger partial charge in [-0.05, 0) is 67.4 Å². The van der Waals surface area contributed by atoms with E-state index in [2.05, 4.69) is 11.4 Å². The second-order valence-electron chi connectivity index (χ2n) is 12.0. The molecular formula is C33H31FN2O3. The molecule has 0 radical (unpaired) electrons. The lowest BCUT2D eigenvalue weighted by molar-refractivity contribution is -0.128. The van der Waals surface area contributed by atoms with Gasteiger partial charge in [0, 0.05) is 27.9 Å². The van der Waals surface area contributed by atoms with E-state index < -0.39 is 34.6 Å². The van der Waals surface area contributed by atoms with E-state index in [1.54, 1.807) is 0 Å². The molecule has 198 valence electrons. The highest BCUT2D eigenvalue weighted by molar-refractivity contribution is 6.17. The minimum atomic E-state index is -1.36. The predicted molar refractivity (Wildman–Crippen MR) is 150 cm³/mol. The normalized spacial score (nSPS) is 25.1. The number of ketones is 2. The molecule has 0 unspecified atom stereocenters. The maximum Gasteiger partial charge on any atom is 0.238 e. The summed E-state index contributed by atoms with van der Waals surface area (Å²) in [5, 5.41) is 3.04. The van der Waals surface area contributed by atoms with Gasteiger partial charge < -0.3 is 10.2 Å². The predicted octanol–water partition coefficient (Wildman–Crippen LogP) is 6.11. The van der Waals surface area contributed by atoms with E-state index in [4.69, 9.17) is 0 Å². The first-order valence-electron chi connectivity index (χ1n) is 13.3. The summed E-state index contributed by atoms with van der Waals surface area (Å²) in [6, 6.07) is 17.4. The molecule has 3 aliphatic heterocycles. The molecule has 1 saturated heterocycles. The average Bonchev–Trinajstić information content (AvgIpc) is 3.35. The number of anilines is 2. The van der Waals surface area contributed by atoms with Crippen LogP contribution in [0.2, 0.25) is 0 Å². The minimum absolute atomic E-state index is 0.124. The van der Waals surface area contributed by atoms with Crippen LogP contribution in [0.5, 0.6) is 0 Å². The number of Topliss-reactive ketones (excluding diaryl/α,β-unsaturated/α-hetero) is 2. The summed E-state index contributed by atoms with van der Waals surface area (Å²) < 4.78 is 13.9. The Morgan fingerprint density at radius 3 is 2.36 bits per heavy atom. The Morgan fingerprint density at radius 2 is 1.67 bits per heavy atom. The number of fused-ring (bicyclic) bond motifs is 6. The Kier molecular flexibility index (Phi) is 5.48. The zero-order chi connectivity index (χ0) is 27.9. The summed E-state index contributed by atoms with van der Waals surface area (Å²) in [5.41, 5.74) is 3.34. The smallest absolute Gasteiger partial charge is 0.238 e. The van der Waals surface area contributed by atoms with Crippen LogP contribution in [0.3, 0.4) is 0 Å². The van der Waals surface area contributed by atoms with Crippen molar-refractivity contribution in [3.8, 4) is 0 Å². The van der Waals surface area contributed by atoms with Crippen LogP contribution < -0.4 is 10.2 Å². The highest BCUT2D eigenvalue weighted by Crippen LogP contribution is 2.59. The summed E-state index contributed by atoms with van der Waals surface area (Å²) in [6.07, 6.45) is 2.05. The van der Waals surface area contributed by atoms with E-state index in [0.717, 1.165) is 22.4 Å². The van der Waals surface area contributed by atoms with Gasteiger partial charge in [0.25, 0.3) is 0 Å². The molecule has 39 heavy (non-hydrogen) atoms. The molecule has 3 aromatic carbocycles. The minimum Gasteiger partial charge on any atom is -0.352 e. The molecule has 0 bridgehead atoms. The molecule has 1 amide bonds. The highest BCUT2D eigenvalue weighted by atomic mass is 19.1. The number of hydrogen-bond acceptors (Lipinski definition) is 4. The van der Waals surface area contributed by atoms with Crippen molar-refractivity contribution in [2.24, 2.45) is 11.3 Å². The number of halogens is 1. The first-order chi connectivity index (χ1) is 18.5. The van der Waals surface area contributed by atoms with E-state index in [1.807, 2.05) is 82.0 Å². The molecule has 0 aromatic heterocycles. The van der Waals surface area contributed by atoms with E-state index in [1.165, 1.54) is 24.3 Å². The number of carbonyl (C=O) groups is 3. The molecule has 0 saturated carbocycles. The third-order valence-electron chi connectivity index (χ3n) is 8.55. The van der Waals surface area contributed by atoms with Crippen LogP contribution in [-0.4, -0.2) is 29.6 Å². The second-order valence-corrected chi connectivity index (χ2v) is 12.0. The number of allylic oxidation sites excluding steroid dienone is 1. The van der Waals surface area contributed by atoms with E-state index in [9.17, 15) is 18.8 Å². The van der Waals surface area contributed by atoms with E-state index in [0.29, 0.717) is 11.3 Å². The van der Waals surface area contributed by atoms with Gasteiger partial charge in [-0.3, -0.25) is 14.4 Å². The molecule has 6 heteroatoms. The number of amides is 1. The lowest BCUT2D eigenvalue weighted by Crippen LogP contribution is -2.51. The number of carbonyl (C=O) groups excluding carboxylic acids is 3. The van der Waals surface area contributed by atoms with Gasteiger partial charge in [0.1, 0.15) is 17.3 Å². The van der Waals surface area contributed by atoms with Gasteiger partial charge in [-0.15, -0.1) is 0 Å². The Morgan fingerprint density at radius 1 is 0.974 bits per heavy atom. The Labute approximate surface area is 227 Å². The van der Waals surface area contributed by atoms with Gasteiger partial charge >= 0.3 is 0 Å². The topological polar surface area (TPSA) is 66.5 Å². The molecule has 4 atom stereocenters. The zero-order valence-electron chi connectivity index (χ0n) is 22.7. The molecule has 5 nitrogen and oxygen atoms in total. The van der Waals surface area contributed by atoms with Crippen LogP contribution in [0.1, 0.15) is 54.7 Å². The molecule has 3 aromatic rings. The van der Waals surface area contributed by atoms with Crippen molar-refractivity contribution in [3.63, 3.8) is 0 Å². The van der Waals surface area contributed by atoms with Gasteiger partial charge in [0.05, 0.1) is 12.0 Å². The molecule has 0 aliphatic carbocycles. The quantitative estimate of drug-likeness (QED) is 0.422. The Bertz CT molecular complexity index is 1580. The van der Waals surface area contributed by atoms with Crippen LogP contribution in [0, 0.1) is 24.1 Å². The molecule has 1 fully saturated rings. The number of hydrogen-bond donors (Lipinski definition) is 1. The zero-order valence-corrected chi connectivity index (χ0v) is 22.7. The van der Waals surface area contributed by atoms with Crippen molar-refractivity contribution in [2.75, 3.05) is 10.2 Å². The summed E-state index contributed by atoms with van der Waals surface area (Å²) >= 11 is 0.